The quantitative estimate of drug-likeness (QED) is 0.596. The molecule has 1 N–H and O–H groups in total. The second-order valence-electron chi connectivity index (χ2n) is 5.86. The van der Waals surface area contributed by atoms with Crippen molar-refractivity contribution >= 4 is 50.1 Å². The first-order chi connectivity index (χ1) is 13.0. The van der Waals surface area contributed by atoms with E-state index in [4.69, 9.17) is 9.47 Å². The van der Waals surface area contributed by atoms with Crippen molar-refractivity contribution in [3.8, 4) is 0 Å². The lowest BCUT2D eigenvalue weighted by atomic mass is 10.2. The largest absolute Gasteiger partial charge is 0.465 e. The van der Waals surface area contributed by atoms with Gasteiger partial charge in [0.05, 0.1) is 30.5 Å². The zero-order chi connectivity index (χ0) is 19.6. The fraction of sp³-hybridized carbons (Fsp3) is 0.200. The van der Waals surface area contributed by atoms with E-state index in [0.29, 0.717) is 16.9 Å². The van der Waals surface area contributed by atoms with Gasteiger partial charge in [0.15, 0.2) is 5.69 Å². The lowest BCUT2D eigenvalue weighted by Gasteiger charge is -2.10. The summed E-state index contributed by atoms with van der Waals surface area (Å²) in [5.41, 5.74) is 3.17. The molecular formula is C20H19BrN2O4. The van der Waals surface area contributed by atoms with Gasteiger partial charge in [0.25, 0.3) is 0 Å². The standard InChI is InChI=1S/C20H19BrN2O4/c1-4-27-20(25)18-17(15-11-13(21)7-10-16(15)23(18)2)22-14-8-5-12(6-9-14)19(24)26-3/h5-11,22H,4H2,1-3H3. The number of esters is 2. The van der Waals surface area contributed by atoms with Crippen molar-refractivity contribution in [2.45, 2.75) is 6.92 Å². The van der Waals surface area contributed by atoms with Crippen LogP contribution in [0.1, 0.15) is 27.8 Å². The van der Waals surface area contributed by atoms with E-state index in [2.05, 4.69) is 21.2 Å². The van der Waals surface area contributed by atoms with Gasteiger partial charge in [-0.2, -0.15) is 0 Å². The Balaban J connectivity index is 2.09. The normalized spacial score (nSPS) is 10.7. The SMILES string of the molecule is CCOC(=O)c1c(Nc2ccc(C(=O)OC)cc2)c2cc(Br)ccc2n1C. The van der Waals surface area contributed by atoms with Crippen LogP contribution >= 0.6 is 15.9 Å². The van der Waals surface area contributed by atoms with Crippen LogP contribution in [0.15, 0.2) is 46.9 Å². The molecule has 6 nitrogen and oxygen atoms in total. The highest BCUT2D eigenvalue weighted by atomic mass is 79.9. The van der Waals surface area contributed by atoms with E-state index in [1.807, 2.05) is 29.8 Å². The van der Waals surface area contributed by atoms with Gasteiger partial charge in [-0.05, 0) is 49.4 Å². The van der Waals surface area contributed by atoms with Gasteiger partial charge >= 0.3 is 11.9 Å². The number of hydrogen-bond acceptors (Lipinski definition) is 5. The minimum absolute atomic E-state index is 0.289. The number of anilines is 2. The number of methoxy groups -OCH3 is 1. The van der Waals surface area contributed by atoms with Crippen molar-refractivity contribution in [2.75, 3.05) is 19.0 Å². The third-order valence-corrected chi connectivity index (χ3v) is 4.70. The molecule has 0 aliphatic carbocycles. The van der Waals surface area contributed by atoms with Crippen LogP contribution in [0.2, 0.25) is 0 Å². The van der Waals surface area contributed by atoms with E-state index in [1.54, 1.807) is 31.2 Å². The Morgan fingerprint density at radius 3 is 2.44 bits per heavy atom. The van der Waals surface area contributed by atoms with Crippen molar-refractivity contribution in [1.82, 2.24) is 4.57 Å². The number of fused-ring (bicyclic) bond motifs is 1. The van der Waals surface area contributed by atoms with Gasteiger partial charge in [-0.3, -0.25) is 0 Å². The number of halogens is 1. The highest BCUT2D eigenvalue weighted by Crippen LogP contribution is 2.35. The average Bonchev–Trinajstić information content (AvgIpc) is 2.93. The number of hydrogen-bond donors (Lipinski definition) is 1. The molecule has 0 aliphatic heterocycles. The molecule has 140 valence electrons. The maximum Gasteiger partial charge on any atom is 0.357 e. The van der Waals surface area contributed by atoms with E-state index >= 15 is 0 Å². The molecule has 3 aromatic rings. The third-order valence-electron chi connectivity index (χ3n) is 4.21. The smallest absolute Gasteiger partial charge is 0.357 e. The fourth-order valence-corrected chi connectivity index (χ4v) is 3.29. The van der Waals surface area contributed by atoms with Crippen LogP contribution in [0, 0.1) is 0 Å². The maximum atomic E-state index is 12.6. The molecule has 0 radical (unpaired) electrons. The molecule has 0 unspecified atom stereocenters. The Hall–Kier alpha value is -2.80. The first-order valence-electron chi connectivity index (χ1n) is 8.36. The number of ether oxygens (including phenoxy) is 2. The Labute approximate surface area is 165 Å². The molecule has 0 atom stereocenters. The van der Waals surface area contributed by atoms with Crippen molar-refractivity contribution in [1.29, 1.82) is 0 Å². The summed E-state index contributed by atoms with van der Waals surface area (Å²) in [6.45, 7) is 2.06. The molecule has 0 bridgehead atoms. The van der Waals surface area contributed by atoms with Gasteiger partial charge in [-0.1, -0.05) is 15.9 Å². The van der Waals surface area contributed by atoms with Crippen molar-refractivity contribution in [3.05, 3.63) is 58.2 Å². The van der Waals surface area contributed by atoms with Gasteiger partial charge < -0.3 is 19.4 Å². The second-order valence-corrected chi connectivity index (χ2v) is 6.77. The van der Waals surface area contributed by atoms with Gasteiger partial charge in [0.2, 0.25) is 0 Å². The van der Waals surface area contributed by atoms with Crippen molar-refractivity contribution in [2.24, 2.45) is 7.05 Å². The molecule has 1 heterocycles. The number of rotatable bonds is 5. The van der Waals surface area contributed by atoms with Crippen molar-refractivity contribution in [3.63, 3.8) is 0 Å². The van der Waals surface area contributed by atoms with Crippen LogP contribution in [0.3, 0.4) is 0 Å². The maximum absolute atomic E-state index is 12.6. The average molecular weight is 431 g/mol. The summed E-state index contributed by atoms with van der Waals surface area (Å²) < 4.78 is 12.7. The first-order valence-corrected chi connectivity index (χ1v) is 9.16. The molecular weight excluding hydrogens is 412 g/mol. The number of aryl methyl sites for hydroxylation is 1. The van der Waals surface area contributed by atoms with Crippen molar-refractivity contribution < 1.29 is 19.1 Å². The van der Waals surface area contributed by atoms with Crippen LogP contribution in [-0.4, -0.2) is 30.2 Å². The lowest BCUT2D eigenvalue weighted by Crippen LogP contribution is -2.12. The Kier molecular flexibility index (Phi) is 5.51. The van der Waals surface area contributed by atoms with E-state index in [0.717, 1.165) is 21.1 Å². The van der Waals surface area contributed by atoms with E-state index in [-0.39, 0.29) is 6.61 Å². The summed E-state index contributed by atoms with van der Waals surface area (Å²) >= 11 is 3.48. The number of nitrogens with zero attached hydrogens (tertiary/aromatic N) is 1. The molecule has 0 saturated heterocycles. The molecule has 2 aromatic carbocycles. The molecule has 0 aliphatic rings. The molecule has 7 heteroatoms. The summed E-state index contributed by atoms with van der Waals surface area (Å²) in [5, 5.41) is 4.17. The Bertz CT molecular complexity index is 1010. The monoisotopic (exact) mass is 430 g/mol. The minimum Gasteiger partial charge on any atom is -0.465 e. The highest BCUT2D eigenvalue weighted by molar-refractivity contribution is 9.10. The van der Waals surface area contributed by atoms with Crippen LogP contribution < -0.4 is 5.32 Å². The summed E-state index contributed by atoms with van der Waals surface area (Å²) in [7, 11) is 3.17. The number of carbonyl (C=O) groups excluding carboxylic acids is 2. The number of carbonyl (C=O) groups is 2. The lowest BCUT2D eigenvalue weighted by molar-refractivity contribution is 0.0516. The van der Waals surface area contributed by atoms with E-state index in [1.165, 1.54) is 7.11 Å². The summed E-state index contributed by atoms with van der Waals surface area (Å²) in [6, 6.07) is 12.7. The van der Waals surface area contributed by atoms with Crippen LogP contribution in [0.25, 0.3) is 10.9 Å². The summed E-state index contributed by atoms with van der Waals surface area (Å²) in [4.78, 5) is 24.2. The molecule has 0 fully saturated rings. The van der Waals surface area contributed by atoms with E-state index in [9.17, 15) is 9.59 Å². The summed E-state index contributed by atoms with van der Waals surface area (Å²) in [6.07, 6.45) is 0. The van der Waals surface area contributed by atoms with E-state index < -0.39 is 11.9 Å². The Morgan fingerprint density at radius 1 is 1.11 bits per heavy atom. The predicted octanol–water partition coefficient (Wildman–Crippen LogP) is 4.65. The number of aromatic nitrogens is 1. The molecule has 0 saturated carbocycles. The summed E-state index contributed by atoms with van der Waals surface area (Å²) in [5.74, 6) is -0.802. The minimum atomic E-state index is -0.402. The second kappa shape index (κ2) is 7.84. The van der Waals surface area contributed by atoms with Crippen LogP contribution in [0.4, 0.5) is 11.4 Å². The zero-order valence-electron chi connectivity index (χ0n) is 15.2. The number of benzene rings is 2. The van der Waals surface area contributed by atoms with Gasteiger partial charge in [-0.25, -0.2) is 9.59 Å². The molecule has 0 amide bonds. The fourth-order valence-electron chi connectivity index (χ4n) is 2.93. The topological polar surface area (TPSA) is 69.6 Å². The van der Waals surface area contributed by atoms with Crippen LogP contribution in [0.5, 0.6) is 0 Å². The van der Waals surface area contributed by atoms with Crippen LogP contribution in [-0.2, 0) is 16.5 Å². The number of nitrogens with one attached hydrogen (secondary N) is 1. The van der Waals surface area contributed by atoms with Gasteiger partial charge in [-0.15, -0.1) is 0 Å². The zero-order valence-corrected chi connectivity index (χ0v) is 16.8. The molecule has 1 aromatic heterocycles. The Morgan fingerprint density at radius 2 is 1.81 bits per heavy atom. The van der Waals surface area contributed by atoms with Gasteiger partial charge in [0, 0.05) is 22.6 Å². The molecule has 27 heavy (non-hydrogen) atoms. The molecule has 0 spiro atoms. The first kappa shape index (κ1) is 19.0. The van der Waals surface area contributed by atoms with Gasteiger partial charge in [0.1, 0.15) is 0 Å². The molecule has 3 rings (SSSR count). The highest BCUT2D eigenvalue weighted by Gasteiger charge is 2.22. The third kappa shape index (κ3) is 3.68. The predicted molar refractivity (Wildman–Crippen MR) is 108 cm³/mol.